The number of carbonyl (C=O) groups is 3. The quantitative estimate of drug-likeness (QED) is 0.689. The highest BCUT2D eigenvalue weighted by Crippen LogP contribution is 2.23. The van der Waals surface area contributed by atoms with Gasteiger partial charge >= 0.3 is 0 Å². The summed E-state index contributed by atoms with van der Waals surface area (Å²) in [6.07, 6.45) is 1.98. The molecule has 0 unspecified atom stereocenters. The number of hydrogen-bond acceptors (Lipinski definition) is 5. The lowest BCUT2D eigenvalue weighted by Crippen LogP contribution is -2.43. The van der Waals surface area contributed by atoms with Gasteiger partial charge in [-0.1, -0.05) is 11.6 Å². The molecule has 1 aromatic carbocycles. The maximum atomic E-state index is 13.0. The van der Waals surface area contributed by atoms with Crippen LogP contribution in [0.15, 0.2) is 30.5 Å². The maximum Gasteiger partial charge on any atom is 0.270 e. The van der Waals surface area contributed by atoms with Crippen molar-refractivity contribution >= 4 is 29.3 Å². The fourth-order valence-corrected chi connectivity index (χ4v) is 3.38. The zero-order chi connectivity index (χ0) is 22.4. The number of carbonyl (C=O) groups excluding carboxylic acids is 3. The number of halogens is 1. The third kappa shape index (κ3) is 5.55. The Balaban J connectivity index is 1.76. The fourth-order valence-electron chi connectivity index (χ4n) is 3.21. The van der Waals surface area contributed by atoms with Gasteiger partial charge in [-0.3, -0.25) is 14.4 Å². The lowest BCUT2D eigenvalue weighted by atomic mass is 10.2. The SMILES string of the molecule is Cn1cc(C#N)cc1C(=O)N1CCCNC(=O)c2cc(Cl)ccc2OCCNC(=O)C1. The average Bonchev–Trinajstić information content (AvgIpc) is 3.13. The van der Waals surface area contributed by atoms with Crippen molar-refractivity contribution < 1.29 is 19.1 Å². The van der Waals surface area contributed by atoms with Crippen molar-refractivity contribution in [2.24, 2.45) is 7.05 Å². The summed E-state index contributed by atoms with van der Waals surface area (Å²) in [6.45, 7) is 0.732. The second-order valence-corrected chi connectivity index (χ2v) is 7.45. The Hall–Kier alpha value is -3.51. The number of nitriles is 1. The lowest BCUT2D eigenvalue weighted by Gasteiger charge is -2.23. The van der Waals surface area contributed by atoms with Gasteiger partial charge in [-0.2, -0.15) is 5.26 Å². The van der Waals surface area contributed by atoms with Crippen LogP contribution in [0.1, 0.15) is 32.8 Å². The molecule has 1 aliphatic heterocycles. The second kappa shape index (κ2) is 10.00. The topological polar surface area (TPSA) is 116 Å². The van der Waals surface area contributed by atoms with Crippen LogP contribution in [-0.2, 0) is 11.8 Å². The van der Waals surface area contributed by atoms with Gasteiger partial charge in [-0.15, -0.1) is 0 Å². The number of rotatable bonds is 1. The molecule has 2 heterocycles. The minimum absolute atomic E-state index is 0.144. The van der Waals surface area contributed by atoms with Gasteiger partial charge in [0.15, 0.2) is 0 Å². The van der Waals surface area contributed by atoms with Crippen LogP contribution in [0.25, 0.3) is 0 Å². The molecule has 0 spiro atoms. The molecule has 10 heteroatoms. The molecule has 3 amide bonds. The largest absolute Gasteiger partial charge is 0.491 e. The van der Waals surface area contributed by atoms with Gasteiger partial charge in [-0.25, -0.2) is 0 Å². The van der Waals surface area contributed by atoms with Crippen molar-refractivity contribution in [3.8, 4) is 11.8 Å². The summed E-state index contributed by atoms with van der Waals surface area (Å²) in [5, 5.41) is 15.0. The molecule has 2 N–H and O–H groups in total. The molecule has 1 aromatic heterocycles. The highest BCUT2D eigenvalue weighted by atomic mass is 35.5. The minimum atomic E-state index is -0.369. The average molecular weight is 444 g/mol. The fraction of sp³-hybridized carbons (Fsp3) is 0.333. The molecule has 0 saturated carbocycles. The van der Waals surface area contributed by atoms with E-state index in [1.54, 1.807) is 29.9 Å². The zero-order valence-electron chi connectivity index (χ0n) is 17.0. The normalized spacial score (nSPS) is 15.6. The molecule has 0 saturated heterocycles. The molecule has 0 radical (unpaired) electrons. The van der Waals surface area contributed by atoms with Crippen LogP contribution in [0, 0.1) is 11.3 Å². The summed E-state index contributed by atoms with van der Waals surface area (Å²) in [5.74, 6) is -0.658. The van der Waals surface area contributed by atoms with Gasteiger partial charge in [0.1, 0.15) is 24.1 Å². The Bertz CT molecular complexity index is 1040. The number of ether oxygens (including phenoxy) is 1. The van der Waals surface area contributed by atoms with E-state index in [1.165, 1.54) is 17.0 Å². The van der Waals surface area contributed by atoms with Crippen LogP contribution in [-0.4, -0.2) is 60.0 Å². The van der Waals surface area contributed by atoms with E-state index in [1.807, 2.05) is 6.07 Å². The summed E-state index contributed by atoms with van der Waals surface area (Å²) in [4.78, 5) is 39.3. The molecule has 0 aliphatic carbocycles. The predicted molar refractivity (Wildman–Crippen MR) is 113 cm³/mol. The molecule has 3 rings (SSSR count). The van der Waals surface area contributed by atoms with Gasteiger partial charge in [0.2, 0.25) is 5.91 Å². The Morgan fingerprint density at radius 2 is 2.03 bits per heavy atom. The number of hydrogen-bond donors (Lipinski definition) is 2. The number of fused-ring (bicyclic) bond motifs is 1. The Morgan fingerprint density at radius 1 is 1.23 bits per heavy atom. The molecule has 2 aromatic rings. The smallest absolute Gasteiger partial charge is 0.270 e. The van der Waals surface area contributed by atoms with Crippen molar-refractivity contribution in [2.75, 3.05) is 32.8 Å². The standard InChI is InChI=1S/C21H22ClN5O4/c1-26-12-14(11-23)9-17(26)21(30)27-7-2-5-25-20(29)16-10-15(22)3-4-18(16)31-8-6-24-19(28)13-27/h3-4,9-10,12H,2,5-8,13H2,1H3,(H,24,28)(H,25,29). The number of amides is 3. The Kier molecular flexibility index (Phi) is 7.15. The van der Waals surface area contributed by atoms with Gasteiger partial charge in [0, 0.05) is 31.4 Å². The number of nitrogens with zero attached hydrogens (tertiary/aromatic N) is 3. The van der Waals surface area contributed by atoms with Gasteiger partial charge in [0.05, 0.1) is 24.2 Å². The molecule has 0 fully saturated rings. The molecule has 1 aliphatic rings. The van der Waals surface area contributed by atoms with E-state index >= 15 is 0 Å². The summed E-state index contributed by atoms with van der Waals surface area (Å²) in [6, 6.07) is 8.25. The molecule has 0 atom stereocenters. The molecule has 0 bridgehead atoms. The maximum absolute atomic E-state index is 13.0. The van der Waals surface area contributed by atoms with Gasteiger partial charge in [0.25, 0.3) is 11.8 Å². The van der Waals surface area contributed by atoms with E-state index in [-0.39, 0.29) is 50.5 Å². The van der Waals surface area contributed by atoms with Crippen LogP contribution >= 0.6 is 11.6 Å². The van der Waals surface area contributed by atoms with E-state index in [0.717, 1.165) is 0 Å². The van der Waals surface area contributed by atoms with Crippen molar-refractivity contribution in [1.82, 2.24) is 20.1 Å². The number of nitrogens with one attached hydrogen (secondary N) is 2. The van der Waals surface area contributed by atoms with Crippen LogP contribution in [0.2, 0.25) is 5.02 Å². The van der Waals surface area contributed by atoms with Gasteiger partial charge in [-0.05, 0) is 30.7 Å². The van der Waals surface area contributed by atoms with Crippen LogP contribution in [0.5, 0.6) is 5.75 Å². The highest BCUT2D eigenvalue weighted by Gasteiger charge is 2.22. The Labute approximate surface area is 184 Å². The van der Waals surface area contributed by atoms with Crippen LogP contribution in [0.3, 0.4) is 0 Å². The van der Waals surface area contributed by atoms with E-state index in [0.29, 0.717) is 34.0 Å². The monoisotopic (exact) mass is 443 g/mol. The van der Waals surface area contributed by atoms with Crippen molar-refractivity contribution in [1.29, 1.82) is 5.26 Å². The molecular formula is C21H22ClN5O4. The first-order valence-corrected chi connectivity index (χ1v) is 10.1. The highest BCUT2D eigenvalue weighted by molar-refractivity contribution is 6.31. The van der Waals surface area contributed by atoms with Crippen molar-refractivity contribution in [3.63, 3.8) is 0 Å². The third-order valence-electron chi connectivity index (χ3n) is 4.73. The lowest BCUT2D eigenvalue weighted by molar-refractivity contribution is -0.121. The number of aromatic nitrogens is 1. The van der Waals surface area contributed by atoms with Gasteiger partial charge < -0.3 is 24.8 Å². The minimum Gasteiger partial charge on any atom is -0.491 e. The summed E-state index contributed by atoms with van der Waals surface area (Å²) in [7, 11) is 1.67. The van der Waals surface area contributed by atoms with Crippen molar-refractivity contribution in [2.45, 2.75) is 6.42 Å². The first-order chi connectivity index (χ1) is 14.9. The molecule has 31 heavy (non-hydrogen) atoms. The van der Waals surface area contributed by atoms with Crippen LogP contribution in [0.4, 0.5) is 0 Å². The summed E-state index contributed by atoms with van der Waals surface area (Å²) < 4.78 is 7.19. The second-order valence-electron chi connectivity index (χ2n) is 7.01. The zero-order valence-corrected chi connectivity index (χ0v) is 17.7. The molecule has 162 valence electrons. The van der Waals surface area contributed by atoms with E-state index in [2.05, 4.69) is 10.6 Å². The molecular weight excluding hydrogens is 422 g/mol. The number of aryl methyl sites for hydroxylation is 1. The molecule has 9 nitrogen and oxygen atoms in total. The van der Waals surface area contributed by atoms with Crippen LogP contribution < -0.4 is 15.4 Å². The summed E-state index contributed by atoms with van der Waals surface area (Å²) in [5.41, 5.74) is 0.970. The van der Waals surface area contributed by atoms with E-state index in [9.17, 15) is 14.4 Å². The van der Waals surface area contributed by atoms with E-state index in [4.69, 9.17) is 21.6 Å². The van der Waals surface area contributed by atoms with Crippen molar-refractivity contribution in [3.05, 3.63) is 52.3 Å². The number of benzene rings is 1. The Morgan fingerprint density at radius 3 is 2.77 bits per heavy atom. The first kappa shape index (κ1) is 22.2. The first-order valence-electron chi connectivity index (χ1n) is 9.72. The third-order valence-corrected chi connectivity index (χ3v) is 4.97. The predicted octanol–water partition coefficient (Wildman–Crippen LogP) is 1.32. The summed E-state index contributed by atoms with van der Waals surface area (Å²) >= 11 is 6.01. The van der Waals surface area contributed by atoms with E-state index < -0.39 is 0 Å².